The van der Waals surface area contributed by atoms with Crippen molar-refractivity contribution in [2.75, 3.05) is 17.6 Å². The highest BCUT2D eigenvalue weighted by molar-refractivity contribution is 7.91. The van der Waals surface area contributed by atoms with E-state index in [-0.39, 0.29) is 5.75 Å². The smallest absolute Gasteiger partial charge is 0.178 e. The topological polar surface area (TPSA) is 87.7 Å². The normalized spacial score (nSPS) is 11.4. The number of aromatic nitrogens is 3. The van der Waals surface area contributed by atoms with Gasteiger partial charge in [0, 0.05) is 18.7 Å². The molecular formula is C13H18N4O2S. The molecule has 0 fully saturated rings. The minimum Gasteiger partial charge on any atom is -0.385 e. The Labute approximate surface area is 118 Å². The zero-order valence-electron chi connectivity index (χ0n) is 11.3. The van der Waals surface area contributed by atoms with E-state index in [4.69, 9.17) is 0 Å². The van der Waals surface area contributed by atoms with Gasteiger partial charge in [0.2, 0.25) is 0 Å². The second kappa shape index (κ2) is 6.51. The number of nitrogens with zero attached hydrogens (tertiary/aromatic N) is 2. The van der Waals surface area contributed by atoms with Crippen molar-refractivity contribution in [3.63, 3.8) is 0 Å². The van der Waals surface area contributed by atoms with Gasteiger partial charge >= 0.3 is 0 Å². The Hall–Kier alpha value is -1.89. The van der Waals surface area contributed by atoms with E-state index in [0.717, 1.165) is 17.9 Å². The molecule has 2 aromatic rings. The molecule has 0 amide bonds. The predicted molar refractivity (Wildman–Crippen MR) is 77.4 cm³/mol. The minimum absolute atomic E-state index is 0.186. The SMILES string of the molecule is CCCS(=O)(=O)c1ccc(NCCc2ncn[nH]2)cc1. The molecule has 108 valence electrons. The molecule has 20 heavy (non-hydrogen) atoms. The molecule has 0 atom stereocenters. The summed E-state index contributed by atoms with van der Waals surface area (Å²) in [5.41, 5.74) is 0.889. The predicted octanol–water partition coefficient (Wildman–Crippen LogP) is 1.64. The van der Waals surface area contributed by atoms with Gasteiger partial charge < -0.3 is 5.32 Å². The zero-order chi connectivity index (χ0) is 14.4. The van der Waals surface area contributed by atoms with Crippen LogP contribution in [0, 0.1) is 0 Å². The lowest BCUT2D eigenvalue weighted by atomic mass is 10.3. The van der Waals surface area contributed by atoms with Crippen LogP contribution in [0.4, 0.5) is 5.69 Å². The van der Waals surface area contributed by atoms with E-state index in [1.54, 1.807) is 24.3 Å². The first-order valence-corrected chi connectivity index (χ1v) is 8.18. The van der Waals surface area contributed by atoms with Crippen molar-refractivity contribution in [2.45, 2.75) is 24.7 Å². The van der Waals surface area contributed by atoms with E-state index in [0.29, 0.717) is 17.9 Å². The summed E-state index contributed by atoms with van der Waals surface area (Å²) in [6.45, 7) is 2.56. The number of aromatic amines is 1. The molecule has 0 saturated heterocycles. The van der Waals surface area contributed by atoms with Crippen molar-refractivity contribution in [3.8, 4) is 0 Å². The molecule has 1 heterocycles. The van der Waals surface area contributed by atoms with Crippen LogP contribution in [0.5, 0.6) is 0 Å². The van der Waals surface area contributed by atoms with Crippen molar-refractivity contribution >= 4 is 15.5 Å². The Morgan fingerprint density at radius 1 is 1.25 bits per heavy atom. The fourth-order valence-electron chi connectivity index (χ4n) is 1.84. The Bertz CT molecular complexity index is 621. The molecule has 0 unspecified atom stereocenters. The number of anilines is 1. The average Bonchev–Trinajstić information content (AvgIpc) is 2.92. The lowest BCUT2D eigenvalue weighted by Crippen LogP contribution is -2.08. The van der Waals surface area contributed by atoms with E-state index in [9.17, 15) is 8.42 Å². The molecule has 2 N–H and O–H groups in total. The lowest BCUT2D eigenvalue weighted by Gasteiger charge is -2.07. The first-order valence-electron chi connectivity index (χ1n) is 6.53. The van der Waals surface area contributed by atoms with Gasteiger partial charge in [-0.1, -0.05) is 6.92 Å². The third-order valence-electron chi connectivity index (χ3n) is 2.84. The van der Waals surface area contributed by atoms with Gasteiger partial charge in [-0.3, -0.25) is 5.10 Å². The van der Waals surface area contributed by atoms with Crippen molar-refractivity contribution in [1.29, 1.82) is 0 Å². The summed E-state index contributed by atoms with van der Waals surface area (Å²) in [7, 11) is -3.13. The van der Waals surface area contributed by atoms with Crippen LogP contribution in [0.15, 0.2) is 35.5 Å². The molecule has 0 saturated carbocycles. The van der Waals surface area contributed by atoms with Crippen LogP contribution in [0.3, 0.4) is 0 Å². The average molecular weight is 294 g/mol. The fourth-order valence-corrected chi connectivity index (χ4v) is 3.17. The van der Waals surface area contributed by atoms with Crippen LogP contribution in [-0.4, -0.2) is 35.9 Å². The quantitative estimate of drug-likeness (QED) is 0.810. The molecule has 0 aliphatic carbocycles. The molecular weight excluding hydrogens is 276 g/mol. The first-order chi connectivity index (χ1) is 9.62. The number of nitrogens with one attached hydrogen (secondary N) is 2. The number of hydrogen-bond acceptors (Lipinski definition) is 5. The van der Waals surface area contributed by atoms with Crippen LogP contribution < -0.4 is 5.32 Å². The van der Waals surface area contributed by atoms with Crippen LogP contribution in [-0.2, 0) is 16.3 Å². The molecule has 1 aromatic carbocycles. The summed E-state index contributed by atoms with van der Waals surface area (Å²) in [6, 6.07) is 6.84. The first kappa shape index (κ1) is 14.5. The summed E-state index contributed by atoms with van der Waals surface area (Å²) in [5, 5.41) is 9.77. The largest absolute Gasteiger partial charge is 0.385 e. The van der Waals surface area contributed by atoms with E-state index < -0.39 is 9.84 Å². The summed E-state index contributed by atoms with van der Waals surface area (Å²) in [6.07, 6.45) is 2.83. The van der Waals surface area contributed by atoms with Crippen LogP contribution in [0.25, 0.3) is 0 Å². The molecule has 0 aliphatic heterocycles. The molecule has 0 spiro atoms. The van der Waals surface area contributed by atoms with E-state index in [1.807, 2.05) is 6.92 Å². The third-order valence-corrected chi connectivity index (χ3v) is 4.78. The van der Waals surface area contributed by atoms with Crippen molar-refractivity contribution in [2.24, 2.45) is 0 Å². The lowest BCUT2D eigenvalue weighted by molar-refractivity contribution is 0.595. The van der Waals surface area contributed by atoms with Gasteiger partial charge in [0.25, 0.3) is 0 Å². The van der Waals surface area contributed by atoms with Gasteiger partial charge in [-0.25, -0.2) is 13.4 Å². The van der Waals surface area contributed by atoms with Crippen molar-refractivity contribution < 1.29 is 8.42 Å². The minimum atomic E-state index is -3.13. The summed E-state index contributed by atoms with van der Waals surface area (Å²) in [4.78, 5) is 4.40. The Balaban J connectivity index is 1.91. The number of benzene rings is 1. The Kier molecular flexibility index (Phi) is 4.73. The number of sulfone groups is 1. The van der Waals surface area contributed by atoms with Gasteiger partial charge in [-0.05, 0) is 30.7 Å². The van der Waals surface area contributed by atoms with Crippen LogP contribution >= 0.6 is 0 Å². The van der Waals surface area contributed by atoms with Crippen molar-refractivity contribution in [3.05, 3.63) is 36.4 Å². The summed E-state index contributed by atoms with van der Waals surface area (Å²) in [5.74, 6) is 1.00. The number of hydrogen-bond donors (Lipinski definition) is 2. The standard InChI is InChI=1S/C13H18N4O2S/c1-2-9-20(18,19)12-5-3-11(4-6-12)14-8-7-13-15-10-16-17-13/h3-6,10,14H,2,7-9H2,1H3,(H,15,16,17). The van der Waals surface area contributed by atoms with Crippen molar-refractivity contribution in [1.82, 2.24) is 15.2 Å². The second-order valence-corrected chi connectivity index (χ2v) is 6.56. The van der Waals surface area contributed by atoms with Crippen LogP contribution in [0.1, 0.15) is 19.2 Å². The maximum atomic E-state index is 11.9. The maximum Gasteiger partial charge on any atom is 0.178 e. The highest BCUT2D eigenvalue weighted by Crippen LogP contribution is 2.16. The van der Waals surface area contributed by atoms with Gasteiger partial charge in [-0.2, -0.15) is 5.10 Å². The van der Waals surface area contributed by atoms with Gasteiger partial charge in [0.1, 0.15) is 12.2 Å². The monoisotopic (exact) mass is 294 g/mol. The molecule has 0 radical (unpaired) electrons. The van der Waals surface area contributed by atoms with E-state index >= 15 is 0 Å². The third kappa shape index (κ3) is 3.80. The molecule has 2 rings (SSSR count). The second-order valence-electron chi connectivity index (χ2n) is 4.45. The molecule has 6 nitrogen and oxygen atoms in total. The molecule has 0 bridgehead atoms. The number of H-pyrrole nitrogens is 1. The maximum absolute atomic E-state index is 11.9. The van der Waals surface area contributed by atoms with Gasteiger partial charge in [-0.15, -0.1) is 0 Å². The highest BCUT2D eigenvalue weighted by atomic mass is 32.2. The summed E-state index contributed by atoms with van der Waals surface area (Å²) < 4.78 is 23.7. The Morgan fingerprint density at radius 2 is 2.00 bits per heavy atom. The fraction of sp³-hybridized carbons (Fsp3) is 0.385. The molecule has 1 aromatic heterocycles. The Morgan fingerprint density at radius 3 is 2.60 bits per heavy atom. The van der Waals surface area contributed by atoms with Gasteiger partial charge in [0.05, 0.1) is 10.6 Å². The van der Waals surface area contributed by atoms with Gasteiger partial charge in [0.15, 0.2) is 9.84 Å². The van der Waals surface area contributed by atoms with Crippen LogP contribution in [0.2, 0.25) is 0 Å². The van der Waals surface area contributed by atoms with E-state index in [2.05, 4.69) is 20.5 Å². The summed E-state index contributed by atoms with van der Waals surface area (Å²) >= 11 is 0. The highest BCUT2D eigenvalue weighted by Gasteiger charge is 2.12. The molecule has 0 aliphatic rings. The number of rotatable bonds is 7. The van der Waals surface area contributed by atoms with E-state index in [1.165, 1.54) is 6.33 Å². The molecule has 7 heteroatoms. The zero-order valence-corrected chi connectivity index (χ0v) is 12.2.